The van der Waals surface area contributed by atoms with Crippen LogP contribution in [0.25, 0.3) is 0 Å². The molecule has 0 spiro atoms. The summed E-state index contributed by atoms with van der Waals surface area (Å²) < 4.78 is 0.871. The number of carboxylic acids is 1. The Bertz CT molecular complexity index is 589. The Labute approximate surface area is 110 Å². The van der Waals surface area contributed by atoms with E-state index in [1.54, 1.807) is 24.3 Å². The van der Waals surface area contributed by atoms with Crippen LogP contribution in [0.1, 0.15) is 25.6 Å². The highest BCUT2D eigenvalue weighted by atomic mass is 79.9. The van der Waals surface area contributed by atoms with Gasteiger partial charge >= 0.3 is 5.97 Å². The standard InChI is InChI=1S/C12H7BrO3S/c13-10-5-4-9(17-10)11(14)7-2-1-3-8(6-7)12(15)16/h1-6H,(H,15,16). The molecule has 5 heteroatoms. The predicted molar refractivity (Wildman–Crippen MR) is 68.9 cm³/mol. The van der Waals surface area contributed by atoms with Crippen molar-refractivity contribution in [3.05, 3.63) is 56.2 Å². The fourth-order valence-electron chi connectivity index (χ4n) is 1.37. The quantitative estimate of drug-likeness (QED) is 0.884. The van der Waals surface area contributed by atoms with E-state index in [2.05, 4.69) is 15.9 Å². The molecule has 86 valence electrons. The van der Waals surface area contributed by atoms with Crippen molar-refractivity contribution in [2.24, 2.45) is 0 Å². The van der Waals surface area contributed by atoms with Crippen LogP contribution in [0, 0.1) is 0 Å². The van der Waals surface area contributed by atoms with Gasteiger partial charge in [-0.25, -0.2) is 4.79 Å². The number of aromatic carboxylic acids is 1. The van der Waals surface area contributed by atoms with Gasteiger partial charge in [0.05, 0.1) is 14.2 Å². The second-order valence-electron chi connectivity index (χ2n) is 3.32. The third-order valence-electron chi connectivity index (χ3n) is 2.17. The summed E-state index contributed by atoms with van der Waals surface area (Å²) >= 11 is 4.61. The fraction of sp³-hybridized carbons (Fsp3) is 0. The van der Waals surface area contributed by atoms with Gasteiger partial charge in [0.1, 0.15) is 0 Å². The summed E-state index contributed by atoms with van der Waals surface area (Å²) in [5.74, 6) is -1.20. The molecule has 1 aromatic carbocycles. The maximum Gasteiger partial charge on any atom is 0.335 e. The number of carboxylic acid groups (broad SMARTS) is 1. The Kier molecular flexibility index (Phi) is 3.40. The van der Waals surface area contributed by atoms with Crippen molar-refractivity contribution < 1.29 is 14.7 Å². The molecule has 0 amide bonds. The first kappa shape index (κ1) is 12.0. The van der Waals surface area contributed by atoms with Crippen molar-refractivity contribution in [3.8, 4) is 0 Å². The minimum absolute atomic E-state index is 0.117. The number of carbonyl (C=O) groups excluding carboxylic acids is 1. The first-order valence-electron chi connectivity index (χ1n) is 4.71. The van der Waals surface area contributed by atoms with Crippen LogP contribution in [-0.4, -0.2) is 16.9 Å². The van der Waals surface area contributed by atoms with Gasteiger partial charge in [0, 0.05) is 5.56 Å². The van der Waals surface area contributed by atoms with Crippen LogP contribution in [0.4, 0.5) is 0 Å². The molecule has 2 aromatic rings. The number of hydrogen-bond donors (Lipinski definition) is 1. The lowest BCUT2D eigenvalue weighted by molar-refractivity contribution is 0.0697. The van der Waals surface area contributed by atoms with Crippen molar-refractivity contribution in [1.29, 1.82) is 0 Å². The number of hydrogen-bond acceptors (Lipinski definition) is 3. The normalized spacial score (nSPS) is 10.2. The molecule has 1 aromatic heterocycles. The molecule has 0 saturated carbocycles. The lowest BCUT2D eigenvalue weighted by Gasteiger charge is -1.99. The number of rotatable bonds is 3. The summed E-state index contributed by atoms with van der Waals surface area (Å²) in [7, 11) is 0. The molecular formula is C12H7BrO3S. The molecular weight excluding hydrogens is 304 g/mol. The van der Waals surface area contributed by atoms with E-state index in [9.17, 15) is 9.59 Å². The zero-order valence-electron chi connectivity index (χ0n) is 8.51. The molecule has 1 heterocycles. The van der Waals surface area contributed by atoms with Gasteiger partial charge in [-0.05, 0) is 40.2 Å². The molecule has 2 rings (SSSR count). The monoisotopic (exact) mass is 310 g/mol. The lowest BCUT2D eigenvalue weighted by atomic mass is 10.1. The molecule has 0 saturated heterocycles. The summed E-state index contributed by atoms with van der Waals surface area (Å²) in [6.07, 6.45) is 0. The number of benzene rings is 1. The zero-order valence-corrected chi connectivity index (χ0v) is 10.9. The van der Waals surface area contributed by atoms with Gasteiger partial charge in [0.15, 0.2) is 0 Å². The predicted octanol–water partition coefficient (Wildman–Crippen LogP) is 3.44. The Hall–Kier alpha value is -1.46. The molecule has 0 unspecified atom stereocenters. The van der Waals surface area contributed by atoms with Crippen LogP contribution in [0.3, 0.4) is 0 Å². The number of ketones is 1. The molecule has 17 heavy (non-hydrogen) atoms. The van der Waals surface area contributed by atoms with Crippen LogP contribution < -0.4 is 0 Å². The van der Waals surface area contributed by atoms with Gasteiger partial charge in [0.25, 0.3) is 0 Å². The Morgan fingerprint density at radius 2 is 1.82 bits per heavy atom. The lowest BCUT2D eigenvalue weighted by Crippen LogP contribution is -2.02. The van der Waals surface area contributed by atoms with Crippen molar-refractivity contribution in [3.63, 3.8) is 0 Å². The first-order chi connectivity index (χ1) is 8.08. The van der Waals surface area contributed by atoms with Crippen LogP contribution in [-0.2, 0) is 0 Å². The van der Waals surface area contributed by atoms with Gasteiger partial charge < -0.3 is 5.11 Å². The second-order valence-corrected chi connectivity index (χ2v) is 5.78. The molecule has 0 bridgehead atoms. The van der Waals surface area contributed by atoms with Crippen molar-refractivity contribution >= 4 is 39.0 Å². The maximum atomic E-state index is 12.0. The highest BCUT2D eigenvalue weighted by Gasteiger charge is 2.13. The molecule has 3 nitrogen and oxygen atoms in total. The summed E-state index contributed by atoms with van der Waals surface area (Å²) in [6, 6.07) is 9.53. The topological polar surface area (TPSA) is 54.4 Å². The van der Waals surface area contributed by atoms with Crippen LogP contribution in [0.2, 0.25) is 0 Å². The highest BCUT2D eigenvalue weighted by Crippen LogP contribution is 2.24. The van der Waals surface area contributed by atoms with E-state index in [1.165, 1.54) is 23.5 Å². The largest absolute Gasteiger partial charge is 0.478 e. The number of thiophene rings is 1. The number of halogens is 1. The summed E-state index contributed by atoms with van der Waals surface area (Å²) in [5.41, 5.74) is 0.505. The minimum atomic E-state index is -1.04. The summed E-state index contributed by atoms with van der Waals surface area (Å²) in [4.78, 5) is 23.4. The zero-order chi connectivity index (χ0) is 12.4. The third kappa shape index (κ3) is 2.62. The van der Waals surface area contributed by atoms with E-state index in [1.807, 2.05) is 0 Å². The van der Waals surface area contributed by atoms with E-state index < -0.39 is 5.97 Å². The summed E-state index contributed by atoms with van der Waals surface area (Å²) in [5, 5.41) is 8.85. The van der Waals surface area contributed by atoms with Crippen LogP contribution >= 0.6 is 27.3 Å². The summed E-state index contributed by atoms with van der Waals surface area (Å²) in [6.45, 7) is 0. The molecule has 0 radical (unpaired) electrons. The van der Waals surface area contributed by atoms with Gasteiger partial charge in [-0.3, -0.25) is 4.79 Å². The van der Waals surface area contributed by atoms with Crippen LogP contribution in [0.15, 0.2) is 40.2 Å². The molecule has 0 fully saturated rings. The third-order valence-corrected chi connectivity index (χ3v) is 3.79. The van der Waals surface area contributed by atoms with E-state index in [0.717, 1.165) is 3.79 Å². The average Bonchev–Trinajstić information content (AvgIpc) is 2.75. The van der Waals surface area contributed by atoms with Crippen molar-refractivity contribution in [2.75, 3.05) is 0 Å². The Morgan fingerprint density at radius 3 is 2.41 bits per heavy atom. The minimum Gasteiger partial charge on any atom is -0.478 e. The van der Waals surface area contributed by atoms with Crippen molar-refractivity contribution in [1.82, 2.24) is 0 Å². The molecule has 0 aliphatic rings. The van der Waals surface area contributed by atoms with Gasteiger partial charge in [-0.2, -0.15) is 0 Å². The average molecular weight is 311 g/mol. The SMILES string of the molecule is O=C(O)c1cccc(C(=O)c2ccc(Br)s2)c1. The fourth-order valence-corrected chi connectivity index (χ4v) is 2.72. The van der Waals surface area contributed by atoms with Gasteiger partial charge in [-0.15, -0.1) is 11.3 Å². The second kappa shape index (κ2) is 4.81. The van der Waals surface area contributed by atoms with Crippen molar-refractivity contribution in [2.45, 2.75) is 0 Å². The first-order valence-corrected chi connectivity index (χ1v) is 6.32. The van der Waals surface area contributed by atoms with Gasteiger partial charge in [-0.1, -0.05) is 12.1 Å². The molecule has 0 aliphatic carbocycles. The van der Waals surface area contributed by atoms with E-state index >= 15 is 0 Å². The van der Waals surface area contributed by atoms with E-state index in [0.29, 0.717) is 10.4 Å². The molecule has 0 atom stereocenters. The molecule has 0 aliphatic heterocycles. The smallest absolute Gasteiger partial charge is 0.335 e. The number of carbonyl (C=O) groups is 2. The highest BCUT2D eigenvalue weighted by molar-refractivity contribution is 9.11. The maximum absolute atomic E-state index is 12.0. The Morgan fingerprint density at radius 1 is 1.12 bits per heavy atom. The van der Waals surface area contributed by atoms with Gasteiger partial charge in [0.2, 0.25) is 5.78 Å². The molecule has 1 N–H and O–H groups in total. The van der Waals surface area contributed by atoms with E-state index in [-0.39, 0.29) is 11.3 Å². The van der Waals surface area contributed by atoms with Crippen LogP contribution in [0.5, 0.6) is 0 Å². The van der Waals surface area contributed by atoms with E-state index in [4.69, 9.17) is 5.11 Å². The Balaban J connectivity index is 2.37.